The van der Waals surface area contributed by atoms with Gasteiger partial charge in [0.2, 0.25) is 0 Å². The maximum absolute atomic E-state index is 12.0. The van der Waals surface area contributed by atoms with Crippen molar-refractivity contribution in [3.63, 3.8) is 0 Å². The topological polar surface area (TPSA) is 238 Å². The van der Waals surface area contributed by atoms with Gasteiger partial charge in [0.1, 0.15) is 66.8 Å². The first-order valence-electron chi connectivity index (χ1n) is 23.3. The molecule has 0 aromatic heterocycles. The summed E-state index contributed by atoms with van der Waals surface area (Å²) in [4.78, 5) is 0. The first-order valence-corrected chi connectivity index (χ1v) is 23.3. The van der Waals surface area contributed by atoms with Crippen LogP contribution in [0, 0.1) is 46.3 Å². The van der Waals surface area contributed by atoms with Crippen LogP contribution in [0.2, 0.25) is 0 Å². The van der Waals surface area contributed by atoms with Gasteiger partial charge < -0.3 is 74.0 Å². The molecule has 5 saturated heterocycles. The number of aliphatic hydroxyl groups excluding tert-OH is 8. The number of hydrogen-bond acceptors (Lipinski definition) is 16. The van der Waals surface area contributed by atoms with E-state index in [4.69, 9.17) is 33.2 Å². The van der Waals surface area contributed by atoms with Crippen LogP contribution in [0.25, 0.3) is 0 Å². The molecule has 0 aromatic carbocycles. The largest absolute Gasteiger partial charge is 0.394 e. The van der Waals surface area contributed by atoms with Crippen molar-refractivity contribution in [3.05, 3.63) is 11.6 Å². The predicted molar refractivity (Wildman–Crippen MR) is 215 cm³/mol. The first-order chi connectivity index (χ1) is 28.9. The third-order valence-corrected chi connectivity index (χ3v) is 17.9. The van der Waals surface area contributed by atoms with Crippen LogP contribution in [-0.2, 0) is 33.2 Å². The van der Waals surface area contributed by atoms with Crippen molar-refractivity contribution in [2.75, 3.05) is 13.2 Å². The zero-order chi connectivity index (χ0) is 43.5. The van der Waals surface area contributed by atoms with Crippen molar-refractivity contribution in [2.24, 2.45) is 46.3 Å². The van der Waals surface area contributed by atoms with Crippen molar-refractivity contribution in [1.82, 2.24) is 5.32 Å². The van der Waals surface area contributed by atoms with E-state index in [9.17, 15) is 40.9 Å². The number of hydrogen-bond donors (Lipinski definition) is 9. The molecule has 3 saturated carbocycles. The average molecular weight is 868 g/mol. The van der Waals surface area contributed by atoms with Crippen molar-refractivity contribution < 1.29 is 74.0 Å². The van der Waals surface area contributed by atoms with E-state index in [2.05, 4.69) is 39.1 Å². The van der Waals surface area contributed by atoms with Crippen LogP contribution < -0.4 is 5.32 Å². The lowest BCUT2D eigenvalue weighted by Gasteiger charge is -2.59. The van der Waals surface area contributed by atoms with Gasteiger partial charge in [-0.25, -0.2) is 0 Å². The first kappa shape index (κ1) is 45.3. The van der Waals surface area contributed by atoms with Gasteiger partial charge in [0, 0.05) is 12.5 Å². The summed E-state index contributed by atoms with van der Waals surface area (Å²) >= 11 is 0. The average Bonchev–Trinajstić information content (AvgIpc) is 3.69. The van der Waals surface area contributed by atoms with Crippen LogP contribution >= 0.6 is 0 Å². The molecule has 5 aliphatic heterocycles. The summed E-state index contributed by atoms with van der Waals surface area (Å²) in [7, 11) is 0. The molecule has 61 heavy (non-hydrogen) atoms. The molecule has 348 valence electrons. The Balaban J connectivity index is 0.916. The van der Waals surface area contributed by atoms with E-state index in [0.717, 1.165) is 32.2 Å². The Bertz CT molecular complexity index is 1600. The van der Waals surface area contributed by atoms with E-state index >= 15 is 0 Å². The van der Waals surface area contributed by atoms with E-state index in [0.29, 0.717) is 54.5 Å². The van der Waals surface area contributed by atoms with Gasteiger partial charge in [-0.1, -0.05) is 39.3 Å². The van der Waals surface area contributed by atoms with Crippen molar-refractivity contribution in [3.8, 4) is 0 Å². The lowest BCUT2D eigenvalue weighted by molar-refractivity contribution is -0.388. The Morgan fingerprint density at radius 3 is 1.98 bits per heavy atom. The predicted octanol–water partition coefficient (Wildman–Crippen LogP) is 0.815. The van der Waals surface area contributed by atoms with Crippen molar-refractivity contribution in [1.29, 1.82) is 0 Å². The van der Waals surface area contributed by atoms with Gasteiger partial charge in [0.25, 0.3) is 0 Å². The Morgan fingerprint density at radius 2 is 1.36 bits per heavy atom. The van der Waals surface area contributed by atoms with Gasteiger partial charge in [-0.2, -0.15) is 0 Å². The van der Waals surface area contributed by atoms with Gasteiger partial charge in [-0.15, -0.1) is 0 Å². The maximum atomic E-state index is 12.0. The summed E-state index contributed by atoms with van der Waals surface area (Å²) in [5, 5.41) is 89.8. The number of piperidine rings is 1. The Labute approximate surface area is 359 Å². The standard InChI is InChI=1S/C45H73NO15/c1-19-9-14-45(46-17-19)20(2)30-28(61-45)16-27-25-8-7-23-15-24(10-12-43(23,5)26(25)11-13-44(27,30)6)57-42-39(60-41-36(53)34(51)32(49)22(4)56-41)37(54)38(29(18-47)58-42)59-40-35(52)33(50)31(48)21(3)55-40/h7,19-22,24-42,46-54H,8-18H2,1-6H3/t19-,20-,21-,22-,24-,25+,26-,27-,28-,29+,30-,31-,32-,33+,34+,35+,36+,37-,38-,39+,40-,41-,42+,43-,44-,45-/m0/s1. The van der Waals surface area contributed by atoms with Crippen molar-refractivity contribution in [2.45, 2.75) is 209 Å². The second kappa shape index (κ2) is 16.8. The lowest BCUT2D eigenvalue weighted by Crippen LogP contribution is -2.66. The number of fused-ring (bicyclic) bond motifs is 7. The summed E-state index contributed by atoms with van der Waals surface area (Å²) in [5.41, 5.74) is 1.41. The molecule has 9 rings (SSSR count). The third-order valence-electron chi connectivity index (χ3n) is 17.9. The summed E-state index contributed by atoms with van der Waals surface area (Å²) in [6.07, 6.45) is -9.93. The third kappa shape index (κ3) is 7.42. The monoisotopic (exact) mass is 867 g/mol. The van der Waals surface area contributed by atoms with E-state index in [1.54, 1.807) is 0 Å². The maximum Gasteiger partial charge on any atom is 0.187 e. The zero-order valence-corrected chi connectivity index (χ0v) is 36.6. The smallest absolute Gasteiger partial charge is 0.187 e. The van der Waals surface area contributed by atoms with Crippen LogP contribution in [0.5, 0.6) is 0 Å². The molecule has 0 radical (unpaired) electrons. The zero-order valence-electron chi connectivity index (χ0n) is 36.6. The quantitative estimate of drug-likeness (QED) is 0.161. The SMILES string of the molecule is C[C@H]1CC[C@]2(NC1)O[C@H]1C[C@H]3[C@@H]4CC=C5C[C@@H](O[C@@H]6O[C@H](CO)[C@H](O[C@@H]7O[C@@H](C)[C@H](O)[C@@H](O)[C@H]7O)[C@H](O)[C@H]6O[C@@H]6O[C@@H](C)[C@H](O)[C@@H](O)[C@H]6O)CC[C@]5(C)[C@H]4CC[C@]3(C)[C@H]1[C@@H]2C. The van der Waals surface area contributed by atoms with Crippen LogP contribution in [0.1, 0.15) is 99.3 Å². The highest BCUT2D eigenvalue weighted by Gasteiger charge is 2.68. The van der Waals surface area contributed by atoms with Gasteiger partial charge in [-0.3, -0.25) is 5.32 Å². The highest BCUT2D eigenvalue weighted by Crippen LogP contribution is 2.70. The van der Waals surface area contributed by atoms with Crippen LogP contribution in [-0.4, -0.2) is 164 Å². The van der Waals surface area contributed by atoms with E-state index in [1.807, 2.05) is 0 Å². The summed E-state index contributed by atoms with van der Waals surface area (Å²) < 4.78 is 43.7. The molecule has 0 bridgehead atoms. The molecule has 0 amide bonds. The van der Waals surface area contributed by atoms with Crippen LogP contribution in [0.4, 0.5) is 0 Å². The second-order valence-electron chi connectivity index (χ2n) is 21.2. The van der Waals surface area contributed by atoms with Gasteiger partial charge >= 0.3 is 0 Å². The molecule has 16 nitrogen and oxygen atoms in total. The van der Waals surface area contributed by atoms with Gasteiger partial charge in [0.05, 0.1) is 31.0 Å². The minimum atomic E-state index is -1.70. The Hall–Kier alpha value is -0.900. The molecular weight excluding hydrogens is 794 g/mol. The summed E-state index contributed by atoms with van der Waals surface area (Å²) in [6, 6.07) is 0. The second-order valence-corrected chi connectivity index (χ2v) is 21.2. The number of allylic oxidation sites excluding steroid dienone is 1. The van der Waals surface area contributed by atoms with Crippen molar-refractivity contribution >= 4 is 0 Å². The molecule has 0 aromatic rings. The summed E-state index contributed by atoms with van der Waals surface area (Å²) in [6.45, 7) is 13.2. The fourth-order valence-electron chi connectivity index (χ4n) is 14.2. The van der Waals surface area contributed by atoms with Gasteiger partial charge in [0.15, 0.2) is 18.9 Å². The molecule has 1 spiro atoms. The lowest BCUT2D eigenvalue weighted by atomic mass is 9.47. The van der Waals surface area contributed by atoms with E-state index < -0.39 is 98.7 Å². The molecule has 8 fully saturated rings. The highest BCUT2D eigenvalue weighted by atomic mass is 16.8. The Kier molecular flexibility index (Phi) is 12.4. The number of nitrogens with one attached hydrogen (secondary N) is 1. The molecule has 16 heteroatoms. The van der Waals surface area contributed by atoms with Gasteiger partial charge in [-0.05, 0) is 112 Å². The van der Waals surface area contributed by atoms with E-state index in [1.165, 1.54) is 38.7 Å². The molecule has 26 atom stereocenters. The highest BCUT2D eigenvalue weighted by molar-refractivity contribution is 5.26. The van der Waals surface area contributed by atoms with Crippen LogP contribution in [0.15, 0.2) is 11.6 Å². The Morgan fingerprint density at radius 1 is 0.705 bits per heavy atom. The number of aliphatic hydroxyl groups is 8. The fourth-order valence-corrected chi connectivity index (χ4v) is 14.2. The number of rotatable bonds is 7. The number of ether oxygens (including phenoxy) is 7. The minimum absolute atomic E-state index is 0.00472. The van der Waals surface area contributed by atoms with E-state index in [-0.39, 0.29) is 22.7 Å². The molecule has 9 aliphatic rings. The minimum Gasteiger partial charge on any atom is -0.394 e. The fraction of sp³-hybridized carbons (Fsp3) is 0.956. The molecule has 5 heterocycles. The van der Waals surface area contributed by atoms with Crippen LogP contribution in [0.3, 0.4) is 0 Å². The summed E-state index contributed by atoms with van der Waals surface area (Å²) in [5.74, 6) is 3.43. The normalized spacial score (nSPS) is 58.4. The molecular formula is C45H73NO15. The molecule has 0 unspecified atom stereocenters. The molecule has 9 N–H and O–H groups in total. The molecule has 4 aliphatic carbocycles.